The van der Waals surface area contributed by atoms with E-state index < -0.39 is 0 Å². The number of carbonyl (C=O) groups is 1. The van der Waals surface area contributed by atoms with E-state index in [-0.39, 0.29) is 11.2 Å². The van der Waals surface area contributed by atoms with Crippen molar-refractivity contribution in [2.45, 2.75) is 76.8 Å². The Labute approximate surface area is 251 Å². The van der Waals surface area contributed by atoms with Crippen LogP contribution >= 0.6 is 11.3 Å². The summed E-state index contributed by atoms with van der Waals surface area (Å²) in [6.45, 7) is 6.13. The number of Topliss-reactive ketones (excluding diaryl/α,β-unsaturated/α-hetero) is 1. The first-order chi connectivity index (χ1) is 20.5. The van der Waals surface area contributed by atoms with Gasteiger partial charge in [0.1, 0.15) is 5.78 Å². The van der Waals surface area contributed by atoms with Crippen LogP contribution in [0.25, 0.3) is 10.6 Å². The Bertz CT molecular complexity index is 1490. The van der Waals surface area contributed by atoms with Crippen LogP contribution < -0.4 is 10.6 Å². The number of piperidine rings is 1. The highest BCUT2D eigenvalue weighted by atomic mass is 32.1. The molecule has 0 unspecified atom stereocenters. The molecule has 0 amide bonds. The Hall–Kier alpha value is -3.76. The smallest absolute Gasteiger partial charge is 0.223 e. The molecule has 1 aliphatic heterocycles. The summed E-state index contributed by atoms with van der Waals surface area (Å²) in [6.07, 6.45) is 13.2. The van der Waals surface area contributed by atoms with Gasteiger partial charge in [-0.15, -0.1) is 0 Å². The van der Waals surface area contributed by atoms with Gasteiger partial charge in [0.15, 0.2) is 10.9 Å². The van der Waals surface area contributed by atoms with Crippen LogP contribution in [-0.2, 0) is 16.8 Å². The zero-order valence-corrected chi connectivity index (χ0v) is 25.2. The normalized spacial score (nSPS) is 17.6. The maximum atomic E-state index is 12.7. The molecule has 1 saturated carbocycles. The molecule has 2 N–H and O–H groups in total. The number of carbonyl (C=O) groups excluding carboxylic acids is 1. The standard InChI is InChI=1S/C32H38N8OS/c1-22-17-27(38-30(36-22)37-25-11-7-4-8-12-25)28-19-35-31(42-28)39-29-20-33-26(18-34-29)21-40-15-13-32(14-16-40,23(2)41)24-9-5-3-6-10-24/h3,5-6,9-10,17-20,25H,4,7-8,11-16,21H2,1-2H3,(H,34,35,39)(H,36,37,38). The molecule has 2 aliphatic rings. The second-order valence-electron chi connectivity index (χ2n) is 11.5. The van der Waals surface area contributed by atoms with E-state index in [9.17, 15) is 4.79 Å². The van der Waals surface area contributed by atoms with Gasteiger partial charge in [-0.25, -0.2) is 19.9 Å². The molecule has 0 bridgehead atoms. The number of hydrogen-bond acceptors (Lipinski definition) is 10. The zero-order valence-electron chi connectivity index (χ0n) is 24.3. The summed E-state index contributed by atoms with van der Waals surface area (Å²) in [5.41, 5.74) is 3.45. The van der Waals surface area contributed by atoms with Gasteiger partial charge in [-0.2, -0.15) is 0 Å². The molecule has 0 spiro atoms. The van der Waals surface area contributed by atoms with Crippen molar-refractivity contribution in [2.24, 2.45) is 0 Å². The van der Waals surface area contributed by atoms with E-state index in [4.69, 9.17) is 4.98 Å². The lowest BCUT2D eigenvalue weighted by Crippen LogP contribution is -2.46. The first kappa shape index (κ1) is 28.4. The van der Waals surface area contributed by atoms with Gasteiger partial charge in [-0.05, 0) is 64.3 Å². The largest absolute Gasteiger partial charge is 0.351 e. The molecule has 4 heterocycles. The van der Waals surface area contributed by atoms with Crippen molar-refractivity contribution in [1.82, 2.24) is 29.8 Å². The average Bonchev–Trinajstić information content (AvgIpc) is 3.48. The van der Waals surface area contributed by atoms with Crippen LogP contribution in [0, 0.1) is 6.92 Å². The van der Waals surface area contributed by atoms with Gasteiger partial charge in [0.2, 0.25) is 5.95 Å². The fraction of sp³-hybridized carbons (Fsp3) is 0.438. The van der Waals surface area contributed by atoms with E-state index in [1.807, 2.05) is 43.6 Å². The minimum atomic E-state index is -0.387. The maximum Gasteiger partial charge on any atom is 0.223 e. The van der Waals surface area contributed by atoms with E-state index >= 15 is 0 Å². The van der Waals surface area contributed by atoms with Gasteiger partial charge in [-0.1, -0.05) is 60.9 Å². The van der Waals surface area contributed by atoms with Crippen molar-refractivity contribution in [3.63, 3.8) is 0 Å². The highest BCUT2D eigenvalue weighted by Gasteiger charge is 2.40. The molecular weight excluding hydrogens is 544 g/mol. The summed E-state index contributed by atoms with van der Waals surface area (Å²) in [5, 5.41) is 7.56. The zero-order chi connectivity index (χ0) is 28.9. The molecule has 0 atom stereocenters. The Morgan fingerprint density at radius 3 is 2.50 bits per heavy atom. The number of aryl methyl sites for hydroxylation is 1. The molecule has 1 saturated heterocycles. The molecule has 3 aromatic heterocycles. The van der Waals surface area contributed by atoms with Gasteiger partial charge < -0.3 is 10.6 Å². The lowest BCUT2D eigenvalue weighted by molar-refractivity contribution is -0.124. The fourth-order valence-electron chi connectivity index (χ4n) is 6.17. The monoisotopic (exact) mass is 582 g/mol. The summed E-state index contributed by atoms with van der Waals surface area (Å²) in [6, 6.07) is 12.7. The van der Waals surface area contributed by atoms with Crippen molar-refractivity contribution in [1.29, 1.82) is 0 Å². The van der Waals surface area contributed by atoms with Crippen LogP contribution in [0.2, 0.25) is 0 Å². The van der Waals surface area contributed by atoms with Gasteiger partial charge in [0.05, 0.1) is 34.1 Å². The van der Waals surface area contributed by atoms with Crippen LogP contribution in [0.15, 0.2) is 55.0 Å². The molecule has 1 aliphatic carbocycles. The topological polar surface area (TPSA) is 109 Å². The molecule has 1 aromatic carbocycles. The summed E-state index contributed by atoms with van der Waals surface area (Å²) in [7, 11) is 0. The second kappa shape index (κ2) is 12.6. The summed E-state index contributed by atoms with van der Waals surface area (Å²) in [4.78, 5) is 39.2. The molecular formula is C32H38N8OS. The predicted octanol–water partition coefficient (Wildman–Crippen LogP) is 6.31. The minimum absolute atomic E-state index is 0.250. The molecule has 10 heteroatoms. The molecule has 0 radical (unpaired) electrons. The van der Waals surface area contributed by atoms with E-state index in [0.29, 0.717) is 24.4 Å². The van der Waals surface area contributed by atoms with Crippen LogP contribution in [-0.4, -0.2) is 54.7 Å². The van der Waals surface area contributed by atoms with Crippen LogP contribution in [0.4, 0.5) is 16.9 Å². The SMILES string of the molecule is CC(=O)C1(c2ccccc2)CCN(Cc2cnc(Nc3ncc(-c4cc(C)nc(NC5CCCCC5)n4)s3)cn2)CC1. The van der Waals surface area contributed by atoms with E-state index in [0.717, 1.165) is 58.6 Å². The summed E-state index contributed by atoms with van der Waals surface area (Å²) >= 11 is 1.53. The number of thiazole rings is 1. The lowest BCUT2D eigenvalue weighted by Gasteiger charge is -2.40. The van der Waals surface area contributed by atoms with Crippen molar-refractivity contribution in [3.8, 4) is 10.6 Å². The maximum absolute atomic E-state index is 12.7. The van der Waals surface area contributed by atoms with E-state index in [1.54, 1.807) is 13.1 Å². The third-order valence-electron chi connectivity index (χ3n) is 8.59. The van der Waals surface area contributed by atoms with Gasteiger partial charge in [0, 0.05) is 24.5 Å². The van der Waals surface area contributed by atoms with Crippen molar-refractivity contribution in [2.75, 3.05) is 23.7 Å². The lowest BCUT2D eigenvalue weighted by atomic mass is 9.70. The Balaban J connectivity index is 1.05. The number of benzene rings is 1. The van der Waals surface area contributed by atoms with E-state index in [1.165, 1.54) is 43.4 Å². The predicted molar refractivity (Wildman–Crippen MR) is 167 cm³/mol. The number of likely N-dealkylation sites (tertiary alicyclic amines) is 1. The minimum Gasteiger partial charge on any atom is -0.351 e. The number of anilines is 3. The van der Waals surface area contributed by atoms with Gasteiger partial charge >= 0.3 is 0 Å². The highest BCUT2D eigenvalue weighted by molar-refractivity contribution is 7.18. The Kier molecular flexibility index (Phi) is 8.53. The fourth-order valence-corrected chi connectivity index (χ4v) is 6.96. The van der Waals surface area contributed by atoms with Crippen molar-refractivity contribution >= 4 is 34.0 Å². The quantitative estimate of drug-likeness (QED) is 0.235. The number of aromatic nitrogens is 5. The first-order valence-corrected chi connectivity index (χ1v) is 15.7. The van der Waals surface area contributed by atoms with Gasteiger partial charge in [0.25, 0.3) is 0 Å². The van der Waals surface area contributed by atoms with E-state index in [2.05, 4.69) is 47.6 Å². The van der Waals surface area contributed by atoms with Crippen LogP contribution in [0.5, 0.6) is 0 Å². The third-order valence-corrected chi connectivity index (χ3v) is 9.52. The number of rotatable bonds is 9. The van der Waals surface area contributed by atoms with Crippen LogP contribution in [0.3, 0.4) is 0 Å². The summed E-state index contributed by atoms with van der Waals surface area (Å²) in [5.74, 6) is 1.60. The number of ketones is 1. The second-order valence-corrected chi connectivity index (χ2v) is 12.6. The molecule has 4 aromatic rings. The molecule has 6 rings (SSSR count). The molecule has 218 valence electrons. The van der Waals surface area contributed by atoms with Crippen LogP contribution in [0.1, 0.15) is 68.8 Å². The number of nitrogens with one attached hydrogen (secondary N) is 2. The van der Waals surface area contributed by atoms with Crippen molar-refractivity contribution < 1.29 is 4.79 Å². The third kappa shape index (κ3) is 6.50. The molecule has 9 nitrogen and oxygen atoms in total. The average molecular weight is 583 g/mol. The van der Waals surface area contributed by atoms with Gasteiger partial charge in [-0.3, -0.25) is 14.7 Å². The molecule has 2 fully saturated rings. The Morgan fingerprint density at radius 1 is 1.00 bits per heavy atom. The Morgan fingerprint density at radius 2 is 1.79 bits per heavy atom. The van der Waals surface area contributed by atoms with Crippen molar-refractivity contribution in [3.05, 3.63) is 71.9 Å². The highest BCUT2D eigenvalue weighted by Crippen LogP contribution is 2.37. The molecule has 42 heavy (non-hydrogen) atoms. The first-order valence-electron chi connectivity index (χ1n) is 14.9. The summed E-state index contributed by atoms with van der Waals surface area (Å²) < 4.78 is 0. The number of nitrogens with zero attached hydrogens (tertiary/aromatic N) is 6. The number of hydrogen-bond donors (Lipinski definition) is 2.